The number of hydrogen-bond acceptors (Lipinski definition) is 3. The molecule has 2 aromatic rings. The van der Waals surface area contributed by atoms with E-state index in [0.29, 0.717) is 18.2 Å². The number of aryl methyl sites for hydroxylation is 1. The first-order valence-electron chi connectivity index (χ1n) is 6.53. The topological polar surface area (TPSA) is 67.2 Å². The SMILES string of the molecule is Cn1nc(C(=O)NCC2CC(O)C2)c2ccccc21. The maximum atomic E-state index is 12.1. The number of carbonyl (C=O) groups is 1. The zero-order chi connectivity index (χ0) is 13.4. The van der Waals surface area contributed by atoms with Crippen molar-refractivity contribution in [1.82, 2.24) is 15.1 Å². The van der Waals surface area contributed by atoms with E-state index < -0.39 is 0 Å². The number of nitrogens with zero attached hydrogens (tertiary/aromatic N) is 2. The molecule has 3 rings (SSSR count). The summed E-state index contributed by atoms with van der Waals surface area (Å²) in [6, 6.07) is 7.69. The second-order valence-electron chi connectivity index (χ2n) is 5.19. The minimum absolute atomic E-state index is 0.141. The highest BCUT2D eigenvalue weighted by molar-refractivity contribution is 6.04. The molecule has 1 aromatic heterocycles. The van der Waals surface area contributed by atoms with Crippen LogP contribution in [0.2, 0.25) is 0 Å². The fourth-order valence-corrected chi connectivity index (χ4v) is 2.57. The Labute approximate surface area is 111 Å². The summed E-state index contributed by atoms with van der Waals surface area (Å²) in [5.74, 6) is 0.257. The molecular formula is C14H17N3O2. The third kappa shape index (κ3) is 2.21. The number of carbonyl (C=O) groups excluding carboxylic acids is 1. The van der Waals surface area contributed by atoms with Gasteiger partial charge in [0.25, 0.3) is 5.91 Å². The molecular weight excluding hydrogens is 242 g/mol. The lowest BCUT2D eigenvalue weighted by Crippen LogP contribution is -2.38. The number of hydrogen-bond donors (Lipinski definition) is 2. The molecule has 0 unspecified atom stereocenters. The van der Waals surface area contributed by atoms with E-state index in [9.17, 15) is 9.90 Å². The molecule has 5 nitrogen and oxygen atoms in total. The Morgan fingerprint density at radius 1 is 1.47 bits per heavy atom. The van der Waals surface area contributed by atoms with Gasteiger partial charge >= 0.3 is 0 Å². The van der Waals surface area contributed by atoms with Crippen molar-refractivity contribution < 1.29 is 9.90 Å². The maximum absolute atomic E-state index is 12.1. The summed E-state index contributed by atoms with van der Waals surface area (Å²) in [7, 11) is 1.83. The summed E-state index contributed by atoms with van der Waals surface area (Å²) in [4.78, 5) is 12.1. The molecule has 1 aliphatic carbocycles. The predicted octanol–water partition coefficient (Wildman–Crippen LogP) is 1.07. The normalized spacial score (nSPS) is 22.2. The first-order valence-corrected chi connectivity index (χ1v) is 6.53. The van der Waals surface area contributed by atoms with E-state index >= 15 is 0 Å². The zero-order valence-corrected chi connectivity index (χ0v) is 10.8. The van der Waals surface area contributed by atoms with Crippen molar-refractivity contribution in [2.75, 3.05) is 6.54 Å². The van der Waals surface area contributed by atoms with Crippen LogP contribution in [0.4, 0.5) is 0 Å². The van der Waals surface area contributed by atoms with Crippen LogP contribution in [-0.2, 0) is 7.05 Å². The number of nitrogens with one attached hydrogen (secondary N) is 1. The number of rotatable bonds is 3. The molecule has 1 saturated carbocycles. The van der Waals surface area contributed by atoms with Crippen molar-refractivity contribution in [1.29, 1.82) is 0 Å². The molecule has 0 bridgehead atoms. The summed E-state index contributed by atoms with van der Waals surface area (Å²) in [6.07, 6.45) is 1.38. The molecule has 0 atom stereocenters. The number of aliphatic hydroxyl groups excluding tert-OH is 1. The molecule has 0 spiro atoms. The maximum Gasteiger partial charge on any atom is 0.272 e. The van der Waals surface area contributed by atoms with Crippen LogP contribution in [-0.4, -0.2) is 33.4 Å². The molecule has 2 N–H and O–H groups in total. The van der Waals surface area contributed by atoms with Crippen LogP contribution >= 0.6 is 0 Å². The van der Waals surface area contributed by atoms with E-state index in [1.54, 1.807) is 4.68 Å². The summed E-state index contributed by atoms with van der Waals surface area (Å²) in [6.45, 7) is 0.612. The number of aromatic nitrogens is 2. The Kier molecular flexibility index (Phi) is 2.98. The van der Waals surface area contributed by atoms with E-state index in [2.05, 4.69) is 10.4 Å². The van der Waals surface area contributed by atoms with Crippen LogP contribution in [0, 0.1) is 5.92 Å². The molecule has 100 valence electrons. The Morgan fingerprint density at radius 3 is 2.95 bits per heavy atom. The van der Waals surface area contributed by atoms with Gasteiger partial charge < -0.3 is 10.4 Å². The molecule has 1 aliphatic rings. The number of para-hydroxylation sites is 1. The van der Waals surface area contributed by atoms with E-state index in [0.717, 1.165) is 23.7 Å². The van der Waals surface area contributed by atoms with Crippen molar-refractivity contribution in [3.63, 3.8) is 0 Å². The Morgan fingerprint density at radius 2 is 2.21 bits per heavy atom. The Bertz CT molecular complexity index is 614. The molecule has 0 aliphatic heterocycles. The first-order chi connectivity index (χ1) is 9.15. The molecule has 0 saturated heterocycles. The molecule has 0 radical (unpaired) electrons. The largest absolute Gasteiger partial charge is 0.393 e. The summed E-state index contributed by atoms with van der Waals surface area (Å²) >= 11 is 0. The van der Waals surface area contributed by atoms with E-state index in [1.165, 1.54) is 0 Å². The lowest BCUT2D eigenvalue weighted by molar-refractivity contribution is 0.0420. The zero-order valence-electron chi connectivity index (χ0n) is 10.8. The average Bonchev–Trinajstić information content (AvgIpc) is 2.71. The Balaban J connectivity index is 1.74. The third-order valence-electron chi connectivity index (χ3n) is 3.73. The first kappa shape index (κ1) is 12.2. The predicted molar refractivity (Wildman–Crippen MR) is 71.8 cm³/mol. The van der Waals surface area contributed by atoms with E-state index in [4.69, 9.17) is 0 Å². The molecule has 1 fully saturated rings. The van der Waals surface area contributed by atoms with Crippen molar-refractivity contribution in [2.45, 2.75) is 18.9 Å². The van der Waals surface area contributed by atoms with Crippen molar-refractivity contribution >= 4 is 16.8 Å². The van der Waals surface area contributed by atoms with Crippen LogP contribution in [0.5, 0.6) is 0 Å². The molecule has 1 aromatic carbocycles. The van der Waals surface area contributed by atoms with Gasteiger partial charge in [-0.3, -0.25) is 9.48 Å². The number of aliphatic hydroxyl groups is 1. The minimum atomic E-state index is -0.183. The van der Waals surface area contributed by atoms with Gasteiger partial charge in [0, 0.05) is 19.0 Å². The van der Waals surface area contributed by atoms with Gasteiger partial charge in [-0.15, -0.1) is 0 Å². The van der Waals surface area contributed by atoms with Crippen molar-refractivity contribution in [2.24, 2.45) is 13.0 Å². The molecule has 19 heavy (non-hydrogen) atoms. The molecule has 1 heterocycles. The van der Waals surface area contributed by atoms with Gasteiger partial charge in [-0.2, -0.15) is 5.10 Å². The summed E-state index contributed by atoms with van der Waals surface area (Å²) < 4.78 is 1.72. The van der Waals surface area contributed by atoms with Gasteiger partial charge in [-0.25, -0.2) is 0 Å². The van der Waals surface area contributed by atoms with Gasteiger partial charge in [0.1, 0.15) is 0 Å². The summed E-state index contributed by atoms with van der Waals surface area (Å²) in [5, 5.41) is 17.3. The van der Waals surface area contributed by atoms with Crippen molar-refractivity contribution in [3.05, 3.63) is 30.0 Å². The van der Waals surface area contributed by atoms with Crippen molar-refractivity contribution in [3.8, 4) is 0 Å². The highest BCUT2D eigenvalue weighted by Crippen LogP contribution is 2.26. The lowest BCUT2D eigenvalue weighted by Gasteiger charge is -2.31. The van der Waals surface area contributed by atoms with Crippen LogP contribution in [0.15, 0.2) is 24.3 Å². The van der Waals surface area contributed by atoms with Crippen LogP contribution < -0.4 is 5.32 Å². The monoisotopic (exact) mass is 259 g/mol. The number of fused-ring (bicyclic) bond motifs is 1. The Hall–Kier alpha value is -1.88. The number of benzene rings is 1. The van der Waals surface area contributed by atoms with Gasteiger partial charge in [0.15, 0.2) is 5.69 Å². The fraction of sp³-hybridized carbons (Fsp3) is 0.429. The van der Waals surface area contributed by atoms with Crippen LogP contribution in [0.25, 0.3) is 10.9 Å². The van der Waals surface area contributed by atoms with Crippen LogP contribution in [0.3, 0.4) is 0 Å². The average molecular weight is 259 g/mol. The van der Waals surface area contributed by atoms with Gasteiger partial charge in [0.2, 0.25) is 0 Å². The van der Waals surface area contributed by atoms with Gasteiger partial charge in [0.05, 0.1) is 11.6 Å². The smallest absolute Gasteiger partial charge is 0.272 e. The second kappa shape index (κ2) is 4.66. The minimum Gasteiger partial charge on any atom is -0.393 e. The lowest BCUT2D eigenvalue weighted by atomic mass is 9.82. The van der Waals surface area contributed by atoms with Gasteiger partial charge in [-0.05, 0) is 24.8 Å². The van der Waals surface area contributed by atoms with E-state index in [-0.39, 0.29) is 12.0 Å². The highest BCUT2D eigenvalue weighted by atomic mass is 16.3. The molecule has 5 heteroatoms. The van der Waals surface area contributed by atoms with Gasteiger partial charge in [-0.1, -0.05) is 18.2 Å². The quantitative estimate of drug-likeness (QED) is 0.866. The third-order valence-corrected chi connectivity index (χ3v) is 3.73. The fourth-order valence-electron chi connectivity index (χ4n) is 2.57. The standard InChI is InChI=1S/C14H17N3O2/c1-17-12-5-3-2-4-11(12)13(16-17)14(19)15-8-9-6-10(18)7-9/h2-5,9-10,18H,6-8H2,1H3,(H,15,19). The van der Waals surface area contributed by atoms with E-state index in [1.807, 2.05) is 31.3 Å². The second-order valence-corrected chi connectivity index (χ2v) is 5.19. The highest BCUT2D eigenvalue weighted by Gasteiger charge is 2.27. The van der Waals surface area contributed by atoms with Crippen LogP contribution in [0.1, 0.15) is 23.3 Å². The number of amides is 1. The molecule has 1 amide bonds. The summed E-state index contributed by atoms with van der Waals surface area (Å²) in [5.41, 5.74) is 1.42.